The number of hydrogen-bond donors (Lipinski definition) is 1. The molecule has 4 nitrogen and oxygen atoms in total. The molecule has 160 valence electrons. The molecule has 4 aromatic rings. The predicted octanol–water partition coefficient (Wildman–Crippen LogP) is 6.43. The Balaban J connectivity index is 1.91. The van der Waals surface area contributed by atoms with Gasteiger partial charge in [-0.25, -0.2) is 0 Å². The molecule has 1 amide bonds. The van der Waals surface area contributed by atoms with Gasteiger partial charge in [-0.2, -0.15) is 0 Å². The highest BCUT2D eigenvalue weighted by molar-refractivity contribution is 6.31. The lowest BCUT2D eigenvalue weighted by atomic mass is 10.0. The van der Waals surface area contributed by atoms with E-state index in [0.717, 1.165) is 11.3 Å². The normalized spacial score (nSPS) is 10.7. The van der Waals surface area contributed by atoms with E-state index >= 15 is 0 Å². The number of benzene rings is 3. The van der Waals surface area contributed by atoms with Gasteiger partial charge in [0.2, 0.25) is 0 Å². The fourth-order valence-electron chi connectivity index (χ4n) is 3.61. The van der Waals surface area contributed by atoms with Gasteiger partial charge in [0.1, 0.15) is 5.56 Å². The molecule has 1 heterocycles. The zero-order valence-electron chi connectivity index (χ0n) is 17.3. The second-order valence-electron chi connectivity index (χ2n) is 7.42. The van der Waals surface area contributed by atoms with Gasteiger partial charge in [-0.15, -0.1) is 0 Å². The highest BCUT2D eigenvalue weighted by Gasteiger charge is 2.22. The maximum atomic E-state index is 13.3. The number of anilines is 1. The molecule has 0 fully saturated rings. The molecule has 0 radical (unpaired) electrons. The molecule has 32 heavy (non-hydrogen) atoms. The third-order valence-corrected chi connectivity index (χ3v) is 5.62. The van der Waals surface area contributed by atoms with Crippen molar-refractivity contribution in [1.29, 1.82) is 0 Å². The molecule has 0 bridgehead atoms. The molecule has 4 rings (SSSR count). The number of carbonyl (C=O) groups excluding carboxylic acids is 1. The second kappa shape index (κ2) is 9.43. The van der Waals surface area contributed by atoms with Crippen LogP contribution in [-0.2, 0) is 6.54 Å². The molecular weight excluding hydrogens is 443 g/mol. The number of aromatic nitrogens is 1. The quantitative estimate of drug-likeness (QED) is 0.371. The monoisotopic (exact) mass is 462 g/mol. The predicted molar refractivity (Wildman–Crippen MR) is 131 cm³/mol. The lowest BCUT2D eigenvalue weighted by molar-refractivity contribution is 0.102. The summed E-state index contributed by atoms with van der Waals surface area (Å²) in [4.78, 5) is 26.4. The Kier molecular flexibility index (Phi) is 6.45. The third-order valence-electron chi connectivity index (χ3n) is 5.13. The number of amides is 1. The second-order valence-corrected chi connectivity index (χ2v) is 8.29. The standard InChI is InChI=1S/C26H20Cl2N2O2/c1-17-14-23(31)24(26(32)29-22-8-3-2-4-9-22)25(19-6-5-7-21(28)15-19)30(17)16-18-10-12-20(27)13-11-18/h2-15H,16H2,1H3,(H,29,32). The fourth-order valence-corrected chi connectivity index (χ4v) is 3.93. The Bertz CT molecular complexity index is 1330. The highest BCUT2D eigenvalue weighted by Crippen LogP contribution is 2.28. The molecular formula is C26H20Cl2N2O2. The first-order valence-corrected chi connectivity index (χ1v) is 10.8. The molecule has 0 aliphatic carbocycles. The fraction of sp³-hybridized carbons (Fsp3) is 0.0769. The van der Waals surface area contributed by atoms with E-state index in [1.54, 1.807) is 30.3 Å². The zero-order chi connectivity index (χ0) is 22.7. The molecule has 0 unspecified atom stereocenters. The largest absolute Gasteiger partial charge is 0.340 e. The van der Waals surface area contributed by atoms with Crippen LogP contribution in [0.25, 0.3) is 11.3 Å². The Morgan fingerprint density at radius 1 is 0.875 bits per heavy atom. The minimum atomic E-state index is -0.471. The molecule has 0 saturated carbocycles. The minimum absolute atomic E-state index is 0.0654. The molecule has 3 aromatic carbocycles. The summed E-state index contributed by atoms with van der Waals surface area (Å²) in [5.74, 6) is -0.471. The first-order chi connectivity index (χ1) is 15.4. The summed E-state index contributed by atoms with van der Waals surface area (Å²) >= 11 is 12.3. The van der Waals surface area contributed by atoms with Gasteiger partial charge in [-0.05, 0) is 48.9 Å². The maximum Gasteiger partial charge on any atom is 0.261 e. The van der Waals surface area contributed by atoms with Gasteiger partial charge >= 0.3 is 0 Å². The van der Waals surface area contributed by atoms with Crippen molar-refractivity contribution in [3.63, 3.8) is 0 Å². The van der Waals surface area contributed by atoms with Gasteiger partial charge in [0.05, 0.1) is 5.69 Å². The molecule has 0 aliphatic heterocycles. The average Bonchev–Trinajstić information content (AvgIpc) is 2.77. The number of para-hydroxylation sites is 1. The number of nitrogens with zero attached hydrogens (tertiary/aromatic N) is 1. The van der Waals surface area contributed by atoms with Crippen LogP contribution in [-0.4, -0.2) is 10.5 Å². The van der Waals surface area contributed by atoms with E-state index in [1.165, 1.54) is 6.07 Å². The van der Waals surface area contributed by atoms with E-state index in [2.05, 4.69) is 5.32 Å². The Hall–Kier alpha value is -3.34. The molecule has 0 saturated heterocycles. The van der Waals surface area contributed by atoms with Gasteiger partial charge in [-0.1, -0.05) is 65.7 Å². The van der Waals surface area contributed by atoms with Crippen LogP contribution in [0.5, 0.6) is 0 Å². The van der Waals surface area contributed by atoms with E-state index in [-0.39, 0.29) is 11.0 Å². The van der Waals surface area contributed by atoms with Crippen molar-refractivity contribution in [1.82, 2.24) is 4.57 Å². The molecule has 1 aromatic heterocycles. The van der Waals surface area contributed by atoms with Crippen molar-refractivity contribution in [3.8, 4) is 11.3 Å². The van der Waals surface area contributed by atoms with Crippen LogP contribution in [0.2, 0.25) is 10.0 Å². The van der Waals surface area contributed by atoms with E-state index in [4.69, 9.17) is 23.2 Å². The topological polar surface area (TPSA) is 51.1 Å². The summed E-state index contributed by atoms with van der Waals surface area (Å²) in [6.45, 7) is 2.31. The van der Waals surface area contributed by atoms with Crippen LogP contribution in [0, 0.1) is 6.92 Å². The Labute approximate surface area is 196 Å². The lowest BCUT2D eigenvalue weighted by Crippen LogP contribution is -2.27. The number of aryl methyl sites for hydroxylation is 1. The van der Waals surface area contributed by atoms with Gasteiger partial charge in [0, 0.05) is 39.6 Å². The van der Waals surface area contributed by atoms with Gasteiger partial charge in [0.25, 0.3) is 5.91 Å². The van der Waals surface area contributed by atoms with Crippen molar-refractivity contribution in [3.05, 3.63) is 122 Å². The van der Waals surface area contributed by atoms with E-state index < -0.39 is 5.91 Å². The van der Waals surface area contributed by atoms with Crippen molar-refractivity contribution in [2.24, 2.45) is 0 Å². The van der Waals surface area contributed by atoms with Crippen molar-refractivity contribution < 1.29 is 4.79 Å². The first kappa shape index (κ1) is 21.9. The van der Waals surface area contributed by atoms with Gasteiger partial charge < -0.3 is 9.88 Å². The van der Waals surface area contributed by atoms with Crippen molar-refractivity contribution in [2.45, 2.75) is 13.5 Å². The molecule has 0 atom stereocenters. The van der Waals surface area contributed by atoms with E-state index in [9.17, 15) is 9.59 Å². The summed E-state index contributed by atoms with van der Waals surface area (Å²) in [7, 11) is 0. The van der Waals surface area contributed by atoms with Crippen LogP contribution in [0.4, 0.5) is 5.69 Å². The smallest absolute Gasteiger partial charge is 0.261 e. The number of halogens is 2. The van der Waals surface area contributed by atoms with Gasteiger partial charge in [0.15, 0.2) is 5.43 Å². The van der Waals surface area contributed by atoms with Crippen molar-refractivity contribution >= 4 is 34.8 Å². The average molecular weight is 463 g/mol. The molecule has 6 heteroatoms. The number of nitrogens with one attached hydrogen (secondary N) is 1. The molecule has 1 N–H and O–H groups in total. The Morgan fingerprint density at radius 3 is 2.28 bits per heavy atom. The third kappa shape index (κ3) is 4.77. The van der Waals surface area contributed by atoms with E-state index in [0.29, 0.717) is 33.5 Å². The van der Waals surface area contributed by atoms with Gasteiger partial charge in [-0.3, -0.25) is 9.59 Å². The SMILES string of the molecule is Cc1cc(=O)c(C(=O)Nc2ccccc2)c(-c2cccc(Cl)c2)n1Cc1ccc(Cl)cc1. The minimum Gasteiger partial charge on any atom is -0.340 e. The van der Waals surface area contributed by atoms with Crippen LogP contribution >= 0.6 is 23.2 Å². The Morgan fingerprint density at radius 2 is 1.59 bits per heavy atom. The number of carbonyl (C=O) groups is 1. The van der Waals surface area contributed by atoms with Crippen LogP contribution < -0.4 is 10.7 Å². The lowest BCUT2D eigenvalue weighted by Gasteiger charge is -2.21. The summed E-state index contributed by atoms with van der Waals surface area (Å²) in [5.41, 5.74) is 3.24. The maximum absolute atomic E-state index is 13.3. The highest BCUT2D eigenvalue weighted by atomic mass is 35.5. The summed E-state index contributed by atoms with van der Waals surface area (Å²) in [5, 5.41) is 4.00. The van der Waals surface area contributed by atoms with Crippen LogP contribution in [0.3, 0.4) is 0 Å². The molecule has 0 aliphatic rings. The summed E-state index contributed by atoms with van der Waals surface area (Å²) in [6.07, 6.45) is 0. The zero-order valence-corrected chi connectivity index (χ0v) is 18.8. The van der Waals surface area contributed by atoms with Crippen LogP contribution in [0.15, 0.2) is 89.7 Å². The molecule has 0 spiro atoms. The van der Waals surface area contributed by atoms with Crippen molar-refractivity contribution in [2.75, 3.05) is 5.32 Å². The number of rotatable bonds is 5. The van der Waals surface area contributed by atoms with E-state index in [1.807, 2.05) is 60.0 Å². The van der Waals surface area contributed by atoms with Crippen LogP contribution in [0.1, 0.15) is 21.6 Å². The summed E-state index contributed by atoms with van der Waals surface area (Å²) in [6, 6.07) is 25.2. The number of hydrogen-bond acceptors (Lipinski definition) is 2. The summed E-state index contributed by atoms with van der Waals surface area (Å²) < 4.78 is 1.95. The number of pyridine rings is 1. The first-order valence-electron chi connectivity index (χ1n) is 10.0.